The molecule has 0 aliphatic heterocycles. The molecule has 4 unspecified atom stereocenters. The summed E-state index contributed by atoms with van der Waals surface area (Å²) >= 11 is 0. The predicted molar refractivity (Wildman–Crippen MR) is 140 cm³/mol. The maximum atomic E-state index is 5.19. The molecule has 192 valence electrons. The van der Waals surface area contributed by atoms with Gasteiger partial charge in [-0.25, -0.2) is 36.1 Å². The maximum Gasteiger partial charge on any atom is 4.00 e. The molecule has 37 heavy (non-hydrogen) atoms. The molecule has 6 rings (SSSR count). The van der Waals surface area contributed by atoms with Crippen LogP contribution in [0, 0.1) is 24.7 Å². The first kappa shape index (κ1) is 31.4. The van der Waals surface area contributed by atoms with E-state index in [0.717, 1.165) is 23.3 Å². The van der Waals surface area contributed by atoms with Gasteiger partial charge in [0.05, 0.1) is 14.2 Å². The van der Waals surface area contributed by atoms with E-state index in [9.17, 15) is 0 Å². The minimum Gasteiger partial charge on any atom is -1.00 e. The predicted octanol–water partition coefficient (Wildman–Crippen LogP) is 1.78. The first-order valence-corrected chi connectivity index (χ1v) is 12.4. The van der Waals surface area contributed by atoms with E-state index in [1.807, 2.05) is 0 Å². The summed E-state index contributed by atoms with van der Waals surface area (Å²) in [7, 11) is 3.42. The van der Waals surface area contributed by atoms with Crippen molar-refractivity contribution in [3.8, 4) is 11.5 Å². The summed E-state index contributed by atoms with van der Waals surface area (Å²) in [5, 5.41) is 0. The van der Waals surface area contributed by atoms with E-state index in [1.165, 1.54) is 48.0 Å². The van der Waals surface area contributed by atoms with Gasteiger partial charge in [-0.15, -0.1) is 24.3 Å². The molecule has 5 heteroatoms. The number of fused-ring (bicyclic) bond motifs is 2. The van der Waals surface area contributed by atoms with Crippen molar-refractivity contribution < 1.29 is 60.5 Å². The van der Waals surface area contributed by atoms with Crippen LogP contribution in [0.2, 0.25) is 0 Å². The number of methoxy groups -OCH3 is 2. The molecule has 0 aromatic heterocycles. The number of hydrogen-bond acceptors (Lipinski definition) is 2. The van der Waals surface area contributed by atoms with Gasteiger partial charge in [0, 0.05) is 0 Å². The summed E-state index contributed by atoms with van der Waals surface area (Å²) in [5.41, 5.74) is 5.85. The quantitative estimate of drug-likeness (QED) is 0.491. The number of allylic oxidation sites excluding steroid dienone is 8. The number of benzene rings is 2. The number of hydrogen-bond donors (Lipinski definition) is 0. The standard InChI is InChI=1S/2C16H17O.2ClH.Zr/c2*1-17-16-8-6-12(7-9-16)15-10-13-4-2-3-5-14(13)11-15;;;/h2*2-4,6-10,14-15H,5,11H2,1H3;2*1H;/q2*-1;;;+4/p-2. The van der Waals surface area contributed by atoms with Crippen LogP contribution in [0.15, 0.2) is 96.1 Å². The molecule has 0 bridgehead atoms. The SMILES string of the molecule is COc1ccc(C2[CH-]C3=CC=CCC3C2)cc1.COc1ccc(C2[CH-]C3=CC=CCC3C2)cc1.[Cl-].[Cl-].[Zr+4]. The molecule has 0 heterocycles. The fraction of sp³-hybridized carbons (Fsp3) is 0.312. The molecular formula is C32H34Cl2O2Zr. The average molecular weight is 613 g/mol. The number of halogens is 2. The number of ether oxygens (including phenoxy) is 2. The van der Waals surface area contributed by atoms with Crippen LogP contribution in [0.1, 0.15) is 48.6 Å². The summed E-state index contributed by atoms with van der Waals surface area (Å²) in [4.78, 5) is 0. The van der Waals surface area contributed by atoms with Crippen molar-refractivity contribution in [3.63, 3.8) is 0 Å². The Morgan fingerprint density at radius 2 is 1.00 bits per heavy atom. The van der Waals surface area contributed by atoms with Gasteiger partial charge in [-0.3, -0.25) is 0 Å². The third kappa shape index (κ3) is 7.63. The van der Waals surface area contributed by atoms with Crippen molar-refractivity contribution in [2.45, 2.75) is 37.5 Å². The van der Waals surface area contributed by atoms with Crippen LogP contribution < -0.4 is 34.3 Å². The van der Waals surface area contributed by atoms with Crippen molar-refractivity contribution in [1.29, 1.82) is 0 Å². The molecule has 4 aliphatic carbocycles. The second-order valence-electron chi connectivity index (χ2n) is 9.62. The molecule has 0 N–H and O–H groups in total. The van der Waals surface area contributed by atoms with E-state index >= 15 is 0 Å². The summed E-state index contributed by atoms with van der Waals surface area (Å²) in [6.07, 6.45) is 23.2. The van der Waals surface area contributed by atoms with Crippen LogP contribution in [-0.2, 0) is 26.2 Å². The molecule has 2 fully saturated rings. The third-order valence-electron chi connectivity index (χ3n) is 7.59. The minimum atomic E-state index is 0. The summed E-state index contributed by atoms with van der Waals surface area (Å²) < 4.78 is 10.4. The Morgan fingerprint density at radius 3 is 1.32 bits per heavy atom. The third-order valence-corrected chi connectivity index (χ3v) is 7.59. The Balaban J connectivity index is 0.000000241. The normalized spacial score (nSPS) is 23.9. The van der Waals surface area contributed by atoms with Crippen LogP contribution in [0.5, 0.6) is 11.5 Å². The van der Waals surface area contributed by atoms with Gasteiger partial charge in [-0.1, -0.05) is 60.1 Å². The van der Waals surface area contributed by atoms with Crippen LogP contribution in [0.3, 0.4) is 0 Å². The Labute approximate surface area is 254 Å². The van der Waals surface area contributed by atoms with Gasteiger partial charge < -0.3 is 34.3 Å². The van der Waals surface area contributed by atoms with Gasteiger partial charge in [-0.05, 0) is 48.9 Å². The van der Waals surface area contributed by atoms with E-state index in [-0.39, 0.29) is 51.0 Å². The number of rotatable bonds is 4. The summed E-state index contributed by atoms with van der Waals surface area (Å²) in [5.74, 6) is 4.52. The van der Waals surface area contributed by atoms with Gasteiger partial charge in [0.2, 0.25) is 0 Å². The zero-order valence-corrected chi connectivity index (χ0v) is 25.4. The van der Waals surface area contributed by atoms with E-state index < -0.39 is 0 Å². The van der Waals surface area contributed by atoms with Gasteiger partial charge in [0.25, 0.3) is 0 Å². The molecule has 0 saturated heterocycles. The second-order valence-corrected chi connectivity index (χ2v) is 9.62. The molecule has 0 amide bonds. The van der Waals surface area contributed by atoms with Crippen molar-refractivity contribution in [3.05, 3.63) is 120 Å². The van der Waals surface area contributed by atoms with Crippen molar-refractivity contribution in [1.82, 2.24) is 0 Å². The Morgan fingerprint density at radius 1 is 0.622 bits per heavy atom. The molecule has 4 atom stereocenters. The van der Waals surface area contributed by atoms with E-state index in [4.69, 9.17) is 9.47 Å². The Bertz CT molecular complexity index is 1010. The summed E-state index contributed by atoms with van der Waals surface area (Å²) in [6.45, 7) is 0. The van der Waals surface area contributed by atoms with Gasteiger partial charge in [0.15, 0.2) is 0 Å². The Hall–Kier alpha value is -1.80. The van der Waals surface area contributed by atoms with Crippen LogP contribution >= 0.6 is 0 Å². The van der Waals surface area contributed by atoms with Gasteiger partial charge in [-0.2, -0.15) is 0 Å². The largest absolute Gasteiger partial charge is 4.00 e. The molecular weight excluding hydrogens is 578 g/mol. The van der Waals surface area contributed by atoms with E-state index in [0.29, 0.717) is 11.8 Å². The first-order chi connectivity index (χ1) is 16.7. The molecule has 2 aromatic rings. The topological polar surface area (TPSA) is 18.5 Å². The van der Waals surface area contributed by atoms with Crippen LogP contribution in [0.25, 0.3) is 0 Å². The molecule has 0 radical (unpaired) electrons. The zero-order chi connectivity index (χ0) is 23.3. The van der Waals surface area contributed by atoms with E-state index in [2.05, 4.69) is 97.8 Å². The van der Waals surface area contributed by atoms with Crippen molar-refractivity contribution in [2.75, 3.05) is 14.2 Å². The average Bonchev–Trinajstić information content (AvgIpc) is 3.54. The second kappa shape index (κ2) is 15.0. The Kier molecular flexibility index (Phi) is 12.7. The first-order valence-electron chi connectivity index (χ1n) is 12.4. The van der Waals surface area contributed by atoms with Crippen molar-refractivity contribution >= 4 is 0 Å². The fourth-order valence-corrected chi connectivity index (χ4v) is 5.62. The van der Waals surface area contributed by atoms with Crippen molar-refractivity contribution in [2.24, 2.45) is 11.8 Å². The van der Waals surface area contributed by atoms with E-state index in [1.54, 1.807) is 14.2 Å². The maximum absolute atomic E-state index is 5.19. The molecule has 2 nitrogen and oxygen atoms in total. The summed E-state index contributed by atoms with van der Waals surface area (Å²) in [6, 6.07) is 17.0. The molecule has 4 aliphatic rings. The van der Waals surface area contributed by atoms with Gasteiger partial charge >= 0.3 is 26.2 Å². The molecule has 2 saturated carbocycles. The van der Waals surface area contributed by atoms with Crippen LogP contribution in [-0.4, -0.2) is 14.2 Å². The van der Waals surface area contributed by atoms with Crippen LogP contribution in [0.4, 0.5) is 0 Å². The minimum absolute atomic E-state index is 0. The monoisotopic (exact) mass is 610 g/mol. The molecule has 2 aromatic carbocycles. The van der Waals surface area contributed by atoms with Gasteiger partial charge in [0.1, 0.15) is 11.5 Å². The zero-order valence-electron chi connectivity index (χ0n) is 21.4. The molecule has 0 spiro atoms. The smallest absolute Gasteiger partial charge is 1.00 e. The fourth-order valence-electron chi connectivity index (χ4n) is 5.62.